The molecule has 18 heavy (non-hydrogen) atoms. The van der Waals surface area contributed by atoms with Crippen LogP contribution in [0.3, 0.4) is 0 Å². The first-order valence-corrected chi connectivity index (χ1v) is 6.45. The number of rotatable bonds is 3. The average Bonchev–Trinajstić information content (AvgIpc) is 2.86. The SMILES string of the molecule is O=C(NCc1ccccc1Cl)N1CCC(CO)C1. The summed E-state index contributed by atoms with van der Waals surface area (Å²) in [5.41, 5.74) is 0.908. The molecular formula is C13H17ClN2O2. The molecule has 1 unspecified atom stereocenters. The second kappa shape index (κ2) is 6.07. The highest BCUT2D eigenvalue weighted by Crippen LogP contribution is 2.17. The van der Waals surface area contributed by atoms with Gasteiger partial charge in [0.15, 0.2) is 0 Å². The summed E-state index contributed by atoms with van der Waals surface area (Å²) < 4.78 is 0. The van der Waals surface area contributed by atoms with Gasteiger partial charge in [0.2, 0.25) is 0 Å². The number of hydrogen-bond acceptors (Lipinski definition) is 2. The van der Waals surface area contributed by atoms with Gasteiger partial charge in [-0.05, 0) is 18.1 Å². The van der Waals surface area contributed by atoms with Crippen molar-refractivity contribution in [2.75, 3.05) is 19.7 Å². The molecule has 1 fully saturated rings. The molecule has 1 saturated heterocycles. The monoisotopic (exact) mass is 268 g/mol. The molecular weight excluding hydrogens is 252 g/mol. The Morgan fingerprint density at radius 3 is 2.94 bits per heavy atom. The third kappa shape index (κ3) is 3.15. The Balaban J connectivity index is 1.84. The third-order valence-corrected chi connectivity index (χ3v) is 3.59. The van der Waals surface area contributed by atoms with Gasteiger partial charge in [0.05, 0.1) is 0 Å². The van der Waals surface area contributed by atoms with Gasteiger partial charge in [0, 0.05) is 37.2 Å². The van der Waals surface area contributed by atoms with E-state index in [0.717, 1.165) is 12.0 Å². The zero-order valence-corrected chi connectivity index (χ0v) is 10.9. The Kier molecular flexibility index (Phi) is 4.44. The molecule has 5 heteroatoms. The number of carbonyl (C=O) groups is 1. The number of likely N-dealkylation sites (tertiary alicyclic amines) is 1. The van der Waals surface area contributed by atoms with Crippen LogP contribution in [0, 0.1) is 5.92 Å². The minimum atomic E-state index is -0.0918. The van der Waals surface area contributed by atoms with E-state index in [9.17, 15) is 4.79 Å². The fourth-order valence-electron chi connectivity index (χ4n) is 2.09. The molecule has 2 rings (SSSR count). The van der Waals surface area contributed by atoms with Crippen LogP contribution in [0.1, 0.15) is 12.0 Å². The lowest BCUT2D eigenvalue weighted by atomic mass is 10.1. The Morgan fingerprint density at radius 1 is 1.50 bits per heavy atom. The molecule has 1 aliphatic heterocycles. The van der Waals surface area contributed by atoms with Crippen molar-refractivity contribution in [1.82, 2.24) is 10.2 Å². The minimum absolute atomic E-state index is 0.0918. The van der Waals surface area contributed by atoms with Gasteiger partial charge >= 0.3 is 6.03 Å². The maximum absolute atomic E-state index is 11.9. The van der Waals surface area contributed by atoms with Gasteiger partial charge < -0.3 is 15.3 Å². The first-order chi connectivity index (χ1) is 8.70. The van der Waals surface area contributed by atoms with E-state index in [0.29, 0.717) is 24.7 Å². The second-order valence-corrected chi connectivity index (χ2v) is 4.94. The van der Waals surface area contributed by atoms with Gasteiger partial charge in [-0.3, -0.25) is 0 Å². The summed E-state index contributed by atoms with van der Waals surface area (Å²) in [4.78, 5) is 13.6. The molecule has 1 heterocycles. The molecule has 0 saturated carbocycles. The van der Waals surface area contributed by atoms with Crippen LogP contribution >= 0.6 is 11.6 Å². The molecule has 1 atom stereocenters. The smallest absolute Gasteiger partial charge is 0.317 e. The van der Waals surface area contributed by atoms with Crippen LogP contribution < -0.4 is 5.32 Å². The zero-order chi connectivity index (χ0) is 13.0. The number of aliphatic hydroxyl groups is 1. The van der Waals surface area contributed by atoms with Gasteiger partial charge in [0.25, 0.3) is 0 Å². The highest BCUT2D eigenvalue weighted by atomic mass is 35.5. The number of carbonyl (C=O) groups excluding carboxylic acids is 1. The molecule has 0 aliphatic carbocycles. The molecule has 2 N–H and O–H groups in total. The molecule has 1 aliphatic rings. The van der Waals surface area contributed by atoms with Crippen molar-refractivity contribution < 1.29 is 9.90 Å². The quantitative estimate of drug-likeness (QED) is 0.879. The maximum Gasteiger partial charge on any atom is 0.317 e. The number of nitrogens with one attached hydrogen (secondary N) is 1. The minimum Gasteiger partial charge on any atom is -0.396 e. The van der Waals surface area contributed by atoms with E-state index in [-0.39, 0.29) is 18.6 Å². The summed E-state index contributed by atoms with van der Waals surface area (Å²) >= 11 is 6.02. The van der Waals surface area contributed by atoms with Crippen molar-refractivity contribution >= 4 is 17.6 Å². The molecule has 0 radical (unpaired) electrons. The predicted octanol–water partition coefficient (Wildman–Crippen LogP) is 1.86. The Bertz CT molecular complexity index is 425. The van der Waals surface area contributed by atoms with Gasteiger partial charge in [-0.1, -0.05) is 29.8 Å². The molecule has 98 valence electrons. The normalized spacial score (nSPS) is 19.0. The van der Waals surface area contributed by atoms with Gasteiger partial charge in [-0.15, -0.1) is 0 Å². The van der Waals surface area contributed by atoms with E-state index < -0.39 is 0 Å². The van der Waals surface area contributed by atoms with E-state index >= 15 is 0 Å². The van der Waals surface area contributed by atoms with Crippen LogP contribution in [0.25, 0.3) is 0 Å². The maximum atomic E-state index is 11.9. The van der Waals surface area contributed by atoms with E-state index in [1.54, 1.807) is 11.0 Å². The van der Waals surface area contributed by atoms with Crippen LogP contribution in [-0.2, 0) is 6.54 Å². The van der Waals surface area contributed by atoms with Crippen molar-refractivity contribution in [2.24, 2.45) is 5.92 Å². The first kappa shape index (κ1) is 13.2. The number of aliphatic hydroxyl groups excluding tert-OH is 1. The molecule has 0 aromatic heterocycles. The molecule has 0 spiro atoms. The van der Waals surface area contributed by atoms with Crippen LogP contribution in [0.5, 0.6) is 0 Å². The third-order valence-electron chi connectivity index (χ3n) is 3.22. The Hall–Kier alpha value is -1.26. The van der Waals surface area contributed by atoms with Crippen molar-refractivity contribution in [3.63, 3.8) is 0 Å². The number of hydrogen-bond donors (Lipinski definition) is 2. The Labute approximate surface area is 112 Å². The molecule has 4 nitrogen and oxygen atoms in total. The summed E-state index contributed by atoms with van der Waals surface area (Å²) in [7, 11) is 0. The lowest BCUT2D eigenvalue weighted by Gasteiger charge is -2.17. The summed E-state index contributed by atoms with van der Waals surface area (Å²) in [6.07, 6.45) is 0.871. The highest BCUT2D eigenvalue weighted by molar-refractivity contribution is 6.31. The van der Waals surface area contributed by atoms with E-state index in [2.05, 4.69) is 5.32 Å². The van der Waals surface area contributed by atoms with Gasteiger partial charge in [-0.2, -0.15) is 0 Å². The van der Waals surface area contributed by atoms with Gasteiger partial charge in [-0.25, -0.2) is 4.79 Å². The summed E-state index contributed by atoms with van der Waals surface area (Å²) in [5.74, 6) is 0.219. The number of amides is 2. The van der Waals surface area contributed by atoms with Crippen LogP contribution in [0.4, 0.5) is 4.79 Å². The predicted molar refractivity (Wildman–Crippen MR) is 70.5 cm³/mol. The van der Waals surface area contributed by atoms with Gasteiger partial charge in [0.1, 0.15) is 0 Å². The number of nitrogens with zero attached hydrogens (tertiary/aromatic N) is 1. The summed E-state index contributed by atoms with van der Waals surface area (Å²) in [5, 5.41) is 12.5. The lowest BCUT2D eigenvalue weighted by molar-refractivity contribution is 0.198. The summed E-state index contributed by atoms with van der Waals surface area (Å²) in [6.45, 7) is 1.91. The molecule has 1 aromatic rings. The molecule has 0 bridgehead atoms. The molecule has 1 aromatic carbocycles. The lowest BCUT2D eigenvalue weighted by Crippen LogP contribution is -2.38. The fourth-order valence-corrected chi connectivity index (χ4v) is 2.29. The van der Waals surface area contributed by atoms with Crippen LogP contribution in [0.2, 0.25) is 5.02 Å². The topological polar surface area (TPSA) is 52.6 Å². The van der Waals surface area contributed by atoms with Crippen molar-refractivity contribution in [3.05, 3.63) is 34.9 Å². The van der Waals surface area contributed by atoms with E-state index in [1.807, 2.05) is 18.2 Å². The van der Waals surface area contributed by atoms with Crippen LogP contribution in [0.15, 0.2) is 24.3 Å². The average molecular weight is 269 g/mol. The van der Waals surface area contributed by atoms with Crippen molar-refractivity contribution in [3.8, 4) is 0 Å². The van der Waals surface area contributed by atoms with E-state index in [4.69, 9.17) is 16.7 Å². The van der Waals surface area contributed by atoms with E-state index in [1.165, 1.54) is 0 Å². The summed E-state index contributed by atoms with van der Waals surface area (Å²) in [6, 6.07) is 7.36. The van der Waals surface area contributed by atoms with Crippen molar-refractivity contribution in [2.45, 2.75) is 13.0 Å². The fraction of sp³-hybridized carbons (Fsp3) is 0.462. The highest BCUT2D eigenvalue weighted by Gasteiger charge is 2.25. The first-order valence-electron chi connectivity index (χ1n) is 6.07. The second-order valence-electron chi connectivity index (χ2n) is 4.53. The number of urea groups is 1. The number of benzene rings is 1. The largest absolute Gasteiger partial charge is 0.396 e. The zero-order valence-electron chi connectivity index (χ0n) is 10.1. The Morgan fingerprint density at radius 2 is 2.28 bits per heavy atom. The standard InChI is InChI=1S/C13H17ClN2O2/c14-12-4-2-1-3-11(12)7-15-13(18)16-6-5-10(8-16)9-17/h1-4,10,17H,5-9H2,(H,15,18). The number of halogens is 1. The van der Waals surface area contributed by atoms with Crippen LogP contribution in [-0.4, -0.2) is 35.7 Å². The van der Waals surface area contributed by atoms with Crippen molar-refractivity contribution in [1.29, 1.82) is 0 Å². The molecule has 2 amide bonds.